The number of nitrogens with zero attached hydrogens (tertiary/aromatic N) is 1. The van der Waals surface area contributed by atoms with Crippen molar-refractivity contribution in [3.8, 4) is 11.5 Å². The number of halogens is 1. The number of amides is 1. The second kappa shape index (κ2) is 10.2. The summed E-state index contributed by atoms with van der Waals surface area (Å²) in [4.78, 5) is 14.8. The standard InChI is InChI=1S/C22H27FN2O4/c1-27-18-6-4-17(5-7-18)20(25-9-11-29-12-10-25)15-24-22(26)14-16-3-8-21(28-2)19(23)13-16/h3-8,13,20H,9-12,14-15H2,1-2H3,(H,24,26)/t20-/m1/s1. The number of methoxy groups -OCH3 is 2. The van der Waals surface area contributed by atoms with Crippen LogP contribution in [0.15, 0.2) is 42.5 Å². The largest absolute Gasteiger partial charge is 0.497 e. The first kappa shape index (κ1) is 21.1. The van der Waals surface area contributed by atoms with Gasteiger partial charge in [-0.05, 0) is 35.4 Å². The average molecular weight is 402 g/mol. The molecule has 1 saturated heterocycles. The minimum atomic E-state index is -0.470. The molecule has 7 heteroatoms. The van der Waals surface area contributed by atoms with Gasteiger partial charge in [-0.3, -0.25) is 9.69 Å². The topological polar surface area (TPSA) is 60.0 Å². The minimum Gasteiger partial charge on any atom is -0.497 e. The van der Waals surface area contributed by atoms with Crippen molar-refractivity contribution >= 4 is 5.91 Å². The van der Waals surface area contributed by atoms with E-state index in [2.05, 4.69) is 10.2 Å². The SMILES string of the molecule is COc1ccc([C@@H](CNC(=O)Cc2ccc(OC)c(F)c2)N2CCOCC2)cc1. The Morgan fingerprint density at radius 1 is 1.14 bits per heavy atom. The predicted molar refractivity (Wildman–Crippen MR) is 108 cm³/mol. The first-order valence-electron chi connectivity index (χ1n) is 9.65. The Balaban J connectivity index is 1.65. The lowest BCUT2D eigenvalue weighted by molar-refractivity contribution is -0.120. The molecule has 1 atom stereocenters. The minimum absolute atomic E-state index is 0.0290. The molecule has 0 bridgehead atoms. The molecule has 1 aliphatic heterocycles. The molecular weight excluding hydrogens is 375 g/mol. The van der Waals surface area contributed by atoms with Crippen LogP contribution in [0.2, 0.25) is 0 Å². The molecule has 3 rings (SSSR count). The highest BCUT2D eigenvalue weighted by molar-refractivity contribution is 5.78. The molecule has 2 aromatic carbocycles. The zero-order valence-electron chi connectivity index (χ0n) is 16.8. The number of carbonyl (C=O) groups is 1. The summed E-state index contributed by atoms with van der Waals surface area (Å²) >= 11 is 0. The summed E-state index contributed by atoms with van der Waals surface area (Å²) in [5.74, 6) is 0.338. The van der Waals surface area contributed by atoms with Crippen LogP contribution in [0.25, 0.3) is 0 Å². The van der Waals surface area contributed by atoms with Gasteiger partial charge in [0.05, 0.1) is 39.9 Å². The van der Waals surface area contributed by atoms with Gasteiger partial charge in [-0.25, -0.2) is 4.39 Å². The zero-order valence-corrected chi connectivity index (χ0v) is 16.8. The fourth-order valence-corrected chi connectivity index (χ4v) is 3.45. The van der Waals surface area contributed by atoms with Gasteiger partial charge in [0, 0.05) is 19.6 Å². The number of ether oxygens (including phenoxy) is 3. The number of benzene rings is 2. The highest BCUT2D eigenvalue weighted by atomic mass is 19.1. The van der Waals surface area contributed by atoms with Gasteiger partial charge < -0.3 is 19.5 Å². The van der Waals surface area contributed by atoms with Crippen molar-refractivity contribution in [3.05, 3.63) is 59.4 Å². The van der Waals surface area contributed by atoms with Crippen molar-refractivity contribution in [2.45, 2.75) is 12.5 Å². The Bertz CT molecular complexity index is 807. The van der Waals surface area contributed by atoms with Gasteiger partial charge in [-0.2, -0.15) is 0 Å². The van der Waals surface area contributed by atoms with E-state index in [1.165, 1.54) is 19.2 Å². The summed E-state index contributed by atoms with van der Waals surface area (Å²) in [7, 11) is 3.05. The molecule has 6 nitrogen and oxygen atoms in total. The normalized spacial score (nSPS) is 15.6. The van der Waals surface area contributed by atoms with Gasteiger partial charge in [-0.1, -0.05) is 18.2 Å². The Morgan fingerprint density at radius 3 is 2.48 bits per heavy atom. The number of nitrogens with one attached hydrogen (secondary N) is 1. The van der Waals surface area contributed by atoms with Crippen LogP contribution in [0.1, 0.15) is 17.2 Å². The van der Waals surface area contributed by atoms with E-state index in [1.807, 2.05) is 24.3 Å². The van der Waals surface area contributed by atoms with E-state index in [9.17, 15) is 9.18 Å². The molecule has 1 amide bonds. The van der Waals surface area contributed by atoms with E-state index in [-0.39, 0.29) is 24.1 Å². The third-order valence-electron chi connectivity index (χ3n) is 5.06. The molecule has 1 aliphatic rings. The van der Waals surface area contributed by atoms with Gasteiger partial charge in [0.2, 0.25) is 5.91 Å². The molecule has 1 heterocycles. The zero-order chi connectivity index (χ0) is 20.6. The molecule has 0 aliphatic carbocycles. The van der Waals surface area contributed by atoms with E-state index in [0.29, 0.717) is 25.3 Å². The molecule has 29 heavy (non-hydrogen) atoms. The molecule has 0 unspecified atom stereocenters. The lowest BCUT2D eigenvalue weighted by Crippen LogP contribution is -2.44. The summed E-state index contributed by atoms with van der Waals surface area (Å²) in [5.41, 5.74) is 1.71. The lowest BCUT2D eigenvalue weighted by atomic mass is 10.0. The molecule has 0 aromatic heterocycles. The highest BCUT2D eigenvalue weighted by Gasteiger charge is 2.23. The number of hydrogen-bond acceptors (Lipinski definition) is 5. The van der Waals surface area contributed by atoms with Crippen LogP contribution in [-0.2, 0) is 16.0 Å². The first-order valence-corrected chi connectivity index (χ1v) is 9.65. The van der Waals surface area contributed by atoms with Gasteiger partial charge in [-0.15, -0.1) is 0 Å². The van der Waals surface area contributed by atoms with Gasteiger partial charge in [0.25, 0.3) is 0 Å². The molecule has 0 spiro atoms. The van der Waals surface area contributed by atoms with Crippen molar-refractivity contribution in [1.82, 2.24) is 10.2 Å². The van der Waals surface area contributed by atoms with Crippen molar-refractivity contribution in [2.24, 2.45) is 0 Å². The second-order valence-corrected chi connectivity index (χ2v) is 6.89. The van der Waals surface area contributed by atoms with Crippen molar-refractivity contribution in [1.29, 1.82) is 0 Å². The second-order valence-electron chi connectivity index (χ2n) is 6.89. The Kier molecular flexibility index (Phi) is 7.43. The third kappa shape index (κ3) is 5.68. The van der Waals surface area contributed by atoms with Crippen molar-refractivity contribution in [2.75, 3.05) is 47.1 Å². The predicted octanol–water partition coefficient (Wildman–Crippen LogP) is 2.58. The highest BCUT2D eigenvalue weighted by Crippen LogP contribution is 2.24. The average Bonchev–Trinajstić information content (AvgIpc) is 2.75. The van der Waals surface area contributed by atoms with Crippen LogP contribution in [-0.4, -0.2) is 57.9 Å². The molecular formula is C22H27FN2O4. The number of carbonyl (C=O) groups excluding carboxylic acids is 1. The molecule has 1 fully saturated rings. The van der Waals surface area contributed by atoms with Crippen LogP contribution in [0.5, 0.6) is 11.5 Å². The molecule has 2 aromatic rings. The summed E-state index contributed by atoms with van der Waals surface area (Å²) < 4.78 is 29.5. The monoisotopic (exact) mass is 402 g/mol. The van der Waals surface area contributed by atoms with Crippen molar-refractivity contribution < 1.29 is 23.4 Å². The smallest absolute Gasteiger partial charge is 0.224 e. The molecule has 0 saturated carbocycles. The van der Waals surface area contributed by atoms with E-state index < -0.39 is 5.82 Å². The molecule has 1 N–H and O–H groups in total. The number of rotatable bonds is 8. The van der Waals surface area contributed by atoms with Gasteiger partial charge in [0.15, 0.2) is 11.6 Å². The third-order valence-corrected chi connectivity index (χ3v) is 5.06. The van der Waals surface area contributed by atoms with Crippen LogP contribution in [0, 0.1) is 5.82 Å². The summed E-state index contributed by atoms with van der Waals surface area (Å²) in [6.45, 7) is 3.41. The maximum Gasteiger partial charge on any atom is 0.224 e. The fourth-order valence-electron chi connectivity index (χ4n) is 3.45. The fraction of sp³-hybridized carbons (Fsp3) is 0.409. The summed E-state index contributed by atoms with van der Waals surface area (Å²) in [6, 6.07) is 12.5. The Hall–Kier alpha value is -2.64. The maximum absolute atomic E-state index is 13.9. The first-order chi connectivity index (χ1) is 14.1. The molecule has 0 radical (unpaired) electrons. The number of morpholine rings is 1. The van der Waals surface area contributed by atoms with Crippen LogP contribution >= 0.6 is 0 Å². The quantitative estimate of drug-likeness (QED) is 0.736. The van der Waals surface area contributed by atoms with Crippen molar-refractivity contribution in [3.63, 3.8) is 0 Å². The summed E-state index contributed by atoms with van der Waals surface area (Å²) in [6.07, 6.45) is 0.110. The van der Waals surface area contributed by atoms with Gasteiger partial charge in [0.1, 0.15) is 5.75 Å². The maximum atomic E-state index is 13.9. The lowest BCUT2D eigenvalue weighted by Gasteiger charge is -2.35. The summed E-state index contributed by atoms with van der Waals surface area (Å²) in [5, 5.41) is 3.00. The van der Waals surface area contributed by atoms with E-state index in [4.69, 9.17) is 14.2 Å². The van der Waals surface area contributed by atoms with Gasteiger partial charge >= 0.3 is 0 Å². The Labute approximate surface area is 170 Å². The van der Waals surface area contributed by atoms with E-state index >= 15 is 0 Å². The van der Waals surface area contributed by atoms with Crippen LogP contribution in [0.4, 0.5) is 4.39 Å². The van der Waals surface area contributed by atoms with Crippen LogP contribution < -0.4 is 14.8 Å². The Morgan fingerprint density at radius 2 is 1.86 bits per heavy atom. The van der Waals surface area contributed by atoms with Crippen LogP contribution in [0.3, 0.4) is 0 Å². The van der Waals surface area contributed by atoms with E-state index in [0.717, 1.165) is 24.4 Å². The van der Waals surface area contributed by atoms with E-state index in [1.54, 1.807) is 13.2 Å². The number of hydrogen-bond donors (Lipinski definition) is 1. The molecule has 156 valence electrons.